The second kappa shape index (κ2) is 6.45. The Kier molecular flexibility index (Phi) is 4.92. The van der Waals surface area contributed by atoms with Crippen LogP contribution in [0.1, 0.15) is 17.4 Å². The lowest BCUT2D eigenvalue weighted by Crippen LogP contribution is -2.27. The zero-order valence-electron chi connectivity index (χ0n) is 10.1. The number of hydrogen-bond donors (Lipinski definition) is 1. The summed E-state index contributed by atoms with van der Waals surface area (Å²) in [5, 5.41) is 3.41. The monoisotopic (exact) mass is 327 g/mol. The fraction of sp³-hybridized carbons (Fsp3) is 0.286. The Hall–Kier alpha value is -0.710. The van der Waals surface area contributed by atoms with Crippen LogP contribution < -0.4 is 5.32 Å². The van der Waals surface area contributed by atoms with E-state index in [9.17, 15) is 4.39 Å². The molecule has 96 valence electrons. The molecule has 0 spiro atoms. The first kappa shape index (κ1) is 13.7. The minimum Gasteiger partial charge on any atom is -0.309 e. The summed E-state index contributed by atoms with van der Waals surface area (Å²) in [4.78, 5) is 1.28. The molecule has 2 aromatic rings. The van der Waals surface area contributed by atoms with E-state index in [2.05, 4.69) is 34.2 Å². The highest BCUT2D eigenvalue weighted by molar-refractivity contribution is 9.11. The minimum atomic E-state index is -0.120. The van der Waals surface area contributed by atoms with E-state index in [1.54, 1.807) is 17.4 Å². The first-order valence-electron chi connectivity index (χ1n) is 5.86. The van der Waals surface area contributed by atoms with Crippen LogP contribution in [0, 0.1) is 5.82 Å². The third kappa shape index (κ3) is 3.90. The summed E-state index contributed by atoms with van der Waals surface area (Å²) in [6.45, 7) is 2.90. The van der Waals surface area contributed by atoms with Gasteiger partial charge in [0.1, 0.15) is 5.82 Å². The average molecular weight is 328 g/mol. The molecule has 18 heavy (non-hydrogen) atoms. The molecule has 0 fully saturated rings. The van der Waals surface area contributed by atoms with Gasteiger partial charge in [-0.15, -0.1) is 11.3 Å². The molecule has 4 heteroatoms. The third-order valence-electron chi connectivity index (χ3n) is 2.74. The van der Waals surface area contributed by atoms with Crippen molar-refractivity contribution in [3.05, 3.63) is 56.4 Å². The zero-order valence-corrected chi connectivity index (χ0v) is 12.5. The van der Waals surface area contributed by atoms with Crippen molar-refractivity contribution in [2.24, 2.45) is 0 Å². The Morgan fingerprint density at radius 2 is 2.06 bits per heavy atom. The smallest absolute Gasteiger partial charge is 0.126 e. The minimum absolute atomic E-state index is 0.120. The number of rotatable bonds is 5. The number of hydrogen-bond acceptors (Lipinski definition) is 2. The van der Waals surface area contributed by atoms with E-state index in [1.807, 2.05) is 18.2 Å². The molecule has 1 heterocycles. The molecule has 1 unspecified atom stereocenters. The molecule has 1 N–H and O–H groups in total. The number of halogens is 2. The lowest BCUT2D eigenvalue weighted by molar-refractivity contribution is 0.528. The molecular weight excluding hydrogens is 313 g/mol. The van der Waals surface area contributed by atoms with E-state index in [0.29, 0.717) is 6.42 Å². The number of thiophene rings is 1. The largest absolute Gasteiger partial charge is 0.309 e. The Balaban J connectivity index is 1.85. The topological polar surface area (TPSA) is 12.0 Å². The summed E-state index contributed by atoms with van der Waals surface area (Å²) in [6.07, 6.45) is 0.708. The van der Waals surface area contributed by atoms with Gasteiger partial charge in [-0.05, 0) is 53.0 Å². The van der Waals surface area contributed by atoms with Crippen LogP contribution in [0.5, 0.6) is 0 Å². The molecule has 0 aliphatic carbocycles. The maximum absolute atomic E-state index is 13.5. The summed E-state index contributed by atoms with van der Waals surface area (Å²) in [7, 11) is 0. The summed E-state index contributed by atoms with van der Waals surface area (Å²) < 4.78 is 14.6. The van der Waals surface area contributed by atoms with Gasteiger partial charge in [0.15, 0.2) is 0 Å². The molecule has 2 rings (SSSR count). The highest BCUT2D eigenvalue weighted by atomic mass is 79.9. The molecule has 1 aromatic carbocycles. The Bertz CT molecular complexity index is 512. The van der Waals surface area contributed by atoms with Gasteiger partial charge in [-0.3, -0.25) is 0 Å². The lowest BCUT2D eigenvalue weighted by atomic mass is 10.1. The van der Waals surface area contributed by atoms with Crippen molar-refractivity contribution >= 4 is 27.3 Å². The van der Waals surface area contributed by atoms with Gasteiger partial charge in [0.25, 0.3) is 0 Å². The van der Waals surface area contributed by atoms with Crippen LogP contribution in [-0.4, -0.2) is 6.04 Å². The van der Waals surface area contributed by atoms with Gasteiger partial charge in [0.05, 0.1) is 3.79 Å². The maximum Gasteiger partial charge on any atom is 0.126 e. The van der Waals surface area contributed by atoms with E-state index in [1.165, 1.54) is 10.9 Å². The van der Waals surface area contributed by atoms with E-state index < -0.39 is 0 Å². The highest BCUT2D eigenvalue weighted by Crippen LogP contribution is 2.22. The predicted octanol–water partition coefficient (Wildman–Crippen LogP) is 4.37. The average Bonchev–Trinajstić information content (AvgIpc) is 2.76. The molecular formula is C14H15BrFNS. The lowest BCUT2D eigenvalue weighted by Gasteiger charge is -2.13. The van der Waals surface area contributed by atoms with Gasteiger partial charge >= 0.3 is 0 Å². The highest BCUT2D eigenvalue weighted by Gasteiger charge is 2.07. The fourth-order valence-corrected chi connectivity index (χ4v) is 3.22. The predicted molar refractivity (Wildman–Crippen MR) is 78.4 cm³/mol. The van der Waals surface area contributed by atoms with Crippen LogP contribution in [-0.2, 0) is 13.0 Å². The van der Waals surface area contributed by atoms with Gasteiger partial charge < -0.3 is 5.32 Å². The van der Waals surface area contributed by atoms with Crippen molar-refractivity contribution in [1.29, 1.82) is 0 Å². The summed E-state index contributed by atoms with van der Waals surface area (Å²) in [6, 6.07) is 11.3. The van der Waals surface area contributed by atoms with Crippen molar-refractivity contribution in [2.75, 3.05) is 0 Å². The standard InChI is InChI=1S/C14H15BrFNS/c1-10(8-11-4-2-3-5-13(11)16)17-9-12-6-7-14(15)18-12/h2-7,10,17H,8-9H2,1H3. The normalized spacial score (nSPS) is 12.6. The molecule has 0 saturated carbocycles. The van der Waals surface area contributed by atoms with Gasteiger partial charge in [-0.25, -0.2) is 4.39 Å². The quantitative estimate of drug-likeness (QED) is 0.859. The van der Waals surface area contributed by atoms with Crippen molar-refractivity contribution in [3.8, 4) is 0 Å². The second-order valence-corrected chi connectivity index (χ2v) is 6.83. The van der Waals surface area contributed by atoms with Crippen LogP contribution in [0.4, 0.5) is 4.39 Å². The fourth-order valence-electron chi connectivity index (χ4n) is 1.79. The van der Waals surface area contributed by atoms with Gasteiger partial charge in [0.2, 0.25) is 0 Å². The molecule has 0 aliphatic heterocycles. The van der Waals surface area contributed by atoms with E-state index in [-0.39, 0.29) is 11.9 Å². The molecule has 0 radical (unpaired) electrons. The van der Waals surface area contributed by atoms with Gasteiger partial charge in [-0.2, -0.15) is 0 Å². The van der Waals surface area contributed by atoms with Gasteiger partial charge in [0, 0.05) is 17.5 Å². The second-order valence-electron chi connectivity index (χ2n) is 4.28. The molecule has 0 amide bonds. The first-order valence-corrected chi connectivity index (χ1v) is 7.47. The van der Waals surface area contributed by atoms with E-state index in [4.69, 9.17) is 0 Å². The first-order chi connectivity index (χ1) is 8.65. The van der Waals surface area contributed by atoms with Crippen LogP contribution in [0.25, 0.3) is 0 Å². The Labute approximate surface area is 119 Å². The maximum atomic E-state index is 13.5. The van der Waals surface area contributed by atoms with Crippen molar-refractivity contribution in [1.82, 2.24) is 5.32 Å². The summed E-state index contributed by atoms with van der Waals surface area (Å²) in [5.74, 6) is -0.120. The SMILES string of the molecule is CC(Cc1ccccc1F)NCc1ccc(Br)s1. The van der Waals surface area contributed by atoms with Crippen LogP contribution in [0.2, 0.25) is 0 Å². The van der Waals surface area contributed by atoms with E-state index in [0.717, 1.165) is 15.9 Å². The van der Waals surface area contributed by atoms with Crippen LogP contribution in [0.3, 0.4) is 0 Å². The zero-order chi connectivity index (χ0) is 13.0. The third-order valence-corrected chi connectivity index (χ3v) is 4.36. The van der Waals surface area contributed by atoms with Gasteiger partial charge in [-0.1, -0.05) is 18.2 Å². The summed E-state index contributed by atoms with van der Waals surface area (Å²) >= 11 is 5.16. The van der Waals surface area contributed by atoms with Crippen molar-refractivity contribution in [3.63, 3.8) is 0 Å². The molecule has 0 aliphatic rings. The Morgan fingerprint density at radius 1 is 1.28 bits per heavy atom. The van der Waals surface area contributed by atoms with Crippen molar-refractivity contribution < 1.29 is 4.39 Å². The Morgan fingerprint density at radius 3 is 2.72 bits per heavy atom. The molecule has 1 atom stereocenters. The van der Waals surface area contributed by atoms with Crippen LogP contribution >= 0.6 is 27.3 Å². The molecule has 0 bridgehead atoms. The molecule has 1 nitrogen and oxygen atoms in total. The number of benzene rings is 1. The van der Waals surface area contributed by atoms with Crippen LogP contribution in [0.15, 0.2) is 40.2 Å². The molecule has 1 aromatic heterocycles. The number of nitrogens with one attached hydrogen (secondary N) is 1. The van der Waals surface area contributed by atoms with E-state index >= 15 is 0 Å². The molecule has 0 saturated heterocycles. The summed E-state index contributed by atoms with van der Waals surface area (Å²) in [5.41, 5.74) is 0.768. The van der Waals surface area contributed by atoms with Crippen molar-refractivity contribution in [2.45, 2.75) is 25.9 Å².